The van der Waals surface area contributed by atoms with Crippen molar-refractivity contribution in [2.75, 3.05) is 0 Å². The Labute approximate surface area is 97.7 Å². The van der Waals surface area contributed by atoms with Gasteiger partial charge in [0, 0.05) is 17.6 Å². The van der Waals surface area contributed by atoms with E-state index in [-0.39, 0.29) is 5.54 Å². The van der Waals surface area contributed by atoms with Crippen molar-refractivity contribution in [3.8, 4) is 5.75 Å². The van der Waals surface area contributed by atoms with Gasteiger partial charge < -0.3 is 10.4 Å². The van der Waals surface area contributed by atoms with Crippen molar-refractivity contribution in [3.63, 3.8) is 0 Å². The molecule has 1 aromatic rings. The standard InChI is InChI=1S/C14H21NO/c1-14(9-5-2-6-10-14)15-11-12-7-3-4-8-13(12)16/h3-4,7-8,15-16H,2,5-6,9-11H2,1H3. The molecule has 1 fully saturated rings. The molecule has 2 N–H and O–H groups in total. The highest BCUT2D eigenvalue weighted by atomic mass is 16.3. The van der Waals surface area contributed by atoms with Crippen LogP contribution in [-0.2, 0) is 6.54 Å². The van der Waals surface area contributed by atoms with Gasteiger partial charge in [-0.15, -0.1) is 0 Å². The van der Waals surface area contributed by atoms with Crippen molar-refractivity contribution in [3.05, 3.63) is 29.8 Å². The molecule has 0 spiro atoms. The van der Waals surface area contributed by atoms with E-state index >= 15 is 0 Å². The highest BCUT2D eigenvalue weighted by Gasteiger charge is 2.25. The molecule has 0 unspecified atom stereocenters. The predicted octanol–water partition coefficient (Wildman–Crippen LogP) is 3.20. The third kappa shape index (κ3) is 2.76. The molecule has 2 rings (SSSR count). The minimum atomic E-state index is 0.264. The molecule has 1 saturated carbocycles. The van der Waals surface area contributed by atoms with E-state index in [2.05, 4.69) is 12.2 Å². The number of phenols is 1. The van der Waals surface area contributed by atoms with Gasteiger partial charge in [0.05, 0.1) is 0 Å². The number of benzene rings is 1. The molecular formula is C14H21NO. The van der Waals surface area contributed by atoms with Crippen molar-refractivity contribution in [2.45, 2.75) is 51.1 Å². The number of para-hydroxylation sites is 1. The minimum absolute atomic E-state index is 0.264. The zero-order valence-corrected chi connectivity index (χ0v) is 10.00. The first-order valence-corrected chi connectivity index (χ1v) is 6.22. The summed E-state index contributed by atoms with van der Waals surface area (Å²) >= 11 is 0. The van der Waals surface area contributed by atoms with Crippen LogP contribution in [0, 0.1) is 0 Å². The molecule has 0 atom stereocenters. The van der Waals surface area contributed by atoms with Crippen LogP contribution < -0.4 is 5.32 Å². The van der Waals surface area contributed by atoms with E-state index in [0.29, 0.717) is 5.75 Å². The van der Waals surface area contributed by atoms with E-state index in [4.69, 9.17) is 0 Å². The molecule has 16 heavy (non-hydrogen) atoms. The van der Waals surface area contributed by atoms with E-state index in [1.807, 2.05) is 18.2 Å². The first kappa shape index (κ1) is 11.5. The summed E-state index contributed by atoms with van der Waals surface area (Å²) in [4.78, 5) is 0. The normalized spacial score (nSPS) is 19.6. The SMILES string of the molecule is CC1(NCc2ccccc2O)CCCCC1. The van der Waals surface area contributed by atoms with Gasteiger partial charge in [-0.3, -0.25) is 0 Å². The van der Waals surface area contributed by atoms with Gasteiger partial charge in [-0.1, -0.05) is 37.5 Å². The number of hydrogen-bond acceptors (Lipinski definition) is 2. The van der Waals surface area contributed by atoms with Crippen LogP contribution in [0.1, 0.15) is 44.6 Å². The monoisotopic (exact) mass is 219 g/mol. The average molecular weight is 219 g/mol. The summed E-state index contributed by atoms with van der Waals surface area (Å²) in [6.07, 6.45) is 6.52. The fraction of sp³-hybridized carbons (Fsp3) is 0.571. The Morgan fingerprint density at radius 2 is 1.88 bits per heavy atom. The molecule has 1 aliphatic carbocycles. The molecule has 0 heterocycles. The topological polar surface area (TPSA) is 32.3 Å². The predicted molar refractivity (Wildman–Crippen MR) is 66.4 cm³/mol. The number of rotatable bonds is 3. The molecular weight excluding hydrogens is 198 g/mol. The number of hydrogen-bond donors (Lipinski definition) is 2. The Morgan fingerprint density at radius 3 is 2.56 bits per heavy atom. The Bertz CT molecular complexity index is 342. The fourth-order valence-electron chi connectivity index (χ4n) is 2.48. The minimum Gasteiger partial charge on any atom is -0.508 e. The summed E-state index contributed by atoms with van der Waals surface area (Å²) in [5.41, 5.74) is 1.26. The van der Waals surface area contributed by atoms with Gasteiger partial charge >= 0.3 is 0 Å². The van der Waals surface area contributed by atoms with Crippen molar-refractivity contribution < 1.29 is 5.11 Å². The zero-order chi connectivity index (χ0) is 11.4. The molecule has 0 aromatic heterocycles. The van der Waals surface area contributed by atoms with E-state index < -0.39 is 0 Å². The number of aromatic hydroxyl groups is 1. The van der Waals surface area contributed by atoms with Gasteiger partial charge in [-0.2, -0.15) is 0 Å². The van der Waals surface area contributed by atoms with Crippen LogP contribution in [0.5, 0.6) is 5.75 Å². The summed E-state index contributed by atoms with van der Waals surface area (Å²) in [7, 11) is 0. The Hall–Kier alpha value is -1.02. The Morgan fingerprint density at radius 1 is 1.19 bits per heavy atom. The van der Waals surface area contributed by atoms with Crippen molar-refractivity contribution >= 4 is 0 Å². The van der Waals surface area contributed by atoms with E-state index in [0.717, 1.165) is 12.1 Å². The summed E-state index contributed by atoms with van der Waals surface area (Å²) in [6.45, 7) is 3.06. The molecule has 2 heteroatoms. The maximum atomic E-state index is 9.68. The van der Waals surface area contributed by atoms with Crippen molar-refractivity contribution in [2.24, 2.45) is 0 Å². The molecule has 0 saturated heterocycles. The summed E-state index contributed by atoms with van der Waals surface area (Å²) in [5.74, 6) is 0.398. The Balaban J connectivity index is 1.94. The lowest BCUT2D eigenvalue weighted by molar-refractivity contribution is 0.251. The first-order valence-electron chi connectivity index (χ1n) is 6.22. The van der Waals surface area contributed by atoms with Crippen molar-refractivity contribution in [1.29, 1.82) is 0 Å². The third-order valence-electron chi connectivity index (χ3n) is 3.65. The van der Waals surface area contributed by atoms with E-state index in [9.17, 15) is 5.11 Å². The van der Waals surface area contributed by atoms with Gasteiger partial charge in [0.25, 0.3) is 0 Å². The number of nitrogens with one attached hydrogen (secondary N) is 1. The van der Waals surface area contributed by atoms with Gasteiger partial charge in [0.2, 0.25) is 0 Å². The largest absolute Gasteiger partial charge is 0.508 e. The van der Waals surface area contributed by atoms with Crippen LogP contribution in [-0.4, -0.2) is 10.6 Å². The van der Waals surface area contributed by atoms with Crippen LogP contribution in [0.3, 0.4) is 0 Å². The summed E-state index contributed by atoms with van der Waals surface area (Å²) in [5, 5.41) is 13.3. The van der Waals surface area contributed by atoms with Gasteiger partial charge in [0.1, 0.15) is 5.75 Å². The highest BCUT2D eigenvalue weighted by molar-refractivity contribution is 5.31. The third-order valence-corrected chi connectivity index (χ3v) is 3.65. The lowest BCUT2D eigenvalue weighted by atomic mass is 9.83. The van der Waals surface area contributed by atoms with Gasteiger partial charge in [0.15, 0.2) is 0 Å². The molecule has 0 radical (unpaired) electrons. The maximum absolute atomic E-state index is 9.68. The lowest BCUT2D eigenvalue weighted by Crippen LogP contribution is -2.43. The van der Waals surface area contributed by atoms with Crippen LogP contribution in [0.15, 0.2) is 24.3 Å². The van der Waals surface area contributed by atoms with E-state index in [1.165, 1.54) is 32.1 Å². The second-order valence-electron chi connectivity index (χ2n) is 5.10. The quantitative estimate of drug-likeness (QED) is 0.818. The molecule has 1 aliphatic rings. The molecule has 1 aromatic carbocycles. The van der Waals surface area contributed by atoms with Crippen LogP contribution in [0.4, 0.5) is 0 Å². The molecule has 88 valence electrons. The smallest absolute Gasteiger partial charge is 0.120 e. The Kier molecular flexibility index (Phi) is 3.49. The second kappa shape index (κ2) is 4.88. The molecule has 2 nitrogen and oxygen atoms in total. The van der Waals surface area contributed by atoms with Crippen LogP contribution in [0.2, 0.25) is 0 Å². The molecule has 0 aliphatic heterocycles. The molecule has 0 bridgehead atoms. The van der Waals surface area contributed by atoms with Gasteiger partial charge in [-0.25, -0.2) is 0 Å². The zero-order valence-electron chi connectivity index (χ0n) is 10.00. The van der Waals surface area contributed by atoms with Gasteiger partial charge in [-0.05, 0) is 25.8 Å². The van der Waals surface area contributed by atoms with Crippen molar-refractivity contribution in [1.82, 2.24) is 5.32 Å². The first-order chi connectivity index (χ1) is 7.70. The summed E-state index contributed by atoms with van der Waals surface area (Å²) < 4.78 is 0. The average Bonchev–Trinajstić information content (AvgIpc) is 2.29. The maximum Gasteiger partial charge on any atom is 0.120 e. The van der Waals surface area contributed by atoms with E-state index in [1.54, 1.807) is 6.07 Å². The lowest BCUT2D eigenvalue weighted by Gasteiger charge is -2.35. The summed E-state index contributed by atoms with van der Waals surface area (Å²) in [6, 6.07) is 7.57. The molecule has 0 amide bonds. The van der Waals surface area contributed by atoms with Crippen LogP contribution >= 0.6 is 0 Å². The fourth-order valence-corrected chi connectivity index (χ4v) is 2.48. The second-order valence-corrected chi connectivity index (χ2v) is 5.10. The highest BCUT2D eigenvalue weighted by Crippen LogP contribution is 2.28. The van der Waals surface area contributed by atoms with Crippen LogP contribution in [0.25, 0.3) is 0 Å². The number of phenolic OH excluding ortho intramolecular Hbond substituents is 1.